The van der Waals surface area contributed by atoms with E-state index in [1.807, 2.05) is 6.92 Å². The lowest BCUT2D eigenvalue weighted by Crippen LogP contribution is -2.09. The van der Waals surface area contributed by atoms with Gasteiger partial charge in [0.2, 0.25) is 0 Å². The van der Waals surface area contributed by atoms with Crippen molar-refractivity contribution < 1.29 is 0 Å². The number of halogens is 1. The third-order valence-corrected chi connectivity index (χ3v) is 1.13. The fourth-order valence-corrected chi connectivity index (χ4v) is 0.533. The average molecular weight is 222 g/mol. The smallest absolute Gasteiger partial charge is 0.0892 e. The van der Waals surface area contributed by atoms with E-state index in [0.29, 0.717) is 0 Å². The second-order valence-electron chi connectivity index (χ2n) is 2.41. The fraction of sp³-hybridized carbons (Fsp3) is 0.900. The van der Waals surface area contributed by atoms with Crippen LogP contribution in [-0.2, 0) is 0 Å². The van der Waals surface area contributed by atoms with Crippen molar-refractivity contribution >= 4 is 18.4 Å². The summed E-state index contributed by atoms with van der Waals surface area (Å²) < 4.78 is 0. The predicted octanol–water partition coefficient (Wildman–Crippen LogP) is 2.63. The molecule has 0 amide bonds. The minimum Gasteiger partial charge on any atom is -0.317 e. The molecule has 86 valence electrons. The van der Waals surface area contributed by atoms with Gasteiger partial charge in [-0.25, -0.2) is 9.98 Å². The second-order valence-corrected chi connectivity index (χ2v) is 2.41. The van der Waals surface area contributed by atoms with Crippen molar-refractivity contribution in [2.45, 2.75) is 34.1 Å². The summed E-state index contributed by atoms with van der Waals surface area (Å²) in [5.74, 6) is 0. The van der Waals surface area contributed by atoms with Gasteiger partial charge in [-0.15, -0.1) is 12.4 Å². The summed E-state index contributed by atoms with van der Waals surface area (Å²) in [5, 5.41) is 3.11. The first kappa shape index (κ1) is 19.2. The Morgan fingerprint density at radius 3 is 1.86 bits per heavy atom. The van der Waals surface area contributed by atoms with Crippen LogP contribution >= 0.6 is 12.4 Å². The van der Waals surface area contributed by atoms with Gasteiger partial charge in [-0.05, 0) is 26.4 Å². The van der Waals surface area contributed by atoms with Crippen LogP contribution in [0.3, 0.4) is 0 Å². The van der Waals surface area contributed by atoms with Crippen LogP contribution in [0.2, 0.25) is 0 Å². The SMILES string of the molecule is CCCN=C=NCC.CCNCC.Cl. The topological polar surface area (TPSA) is 36.8 Å². The Bertz CT molecular complexity index is 129. The Hall–Kier alpha value is -0.370. The summed E-state index contributed by atoms with van der Waals surface area (Å²) in [7, 11) is 0. The van der Waals surface area contributed by atoms with Gasteiger partial charge in [0.1, 0.15) is 0 Å². The highest BCUT2D eigenvalue weighted by atomic mass is 35.5. The molecule has 0 fully saturated rings. The molecular weight excluding hydrogens is 198 g/mol. The lowest BCUT2D eigenvalue weighted by Gasteiger charge is -1.86. The average Bonchev–Trinajstić information content (AvgIpc) is 2.15. The van der Waals surface area contributed by atoms with Gasteiger partial charge < -0.3 is 5.32 Å². The molecule has 0 aliphatic rings. The molecule has 14 heavy (non-hydrogen) atoms. The van der Waals surface area contributed by atoms with Crippen molar-refractivity contribution in [2.75, 3.05) is 26.2 Å². The van der Waals surface area contributed by atoms with Gasteiger partial charge in [0.15, 0.2) is 0 Å². The third kappa shape index (κ3) is 29.9. The van der Waals surface area contributed by atoms with Crippen molar-refractivity contribution in [3.05, 3.63) is 0 Å². The minimum atomic E-state index is 0. The molecule has 0 aromatic rings. The predicted molar refractivity (Wildman–Crippen MR) is 67.0 cm³/mol. The summed E-state index contributed by atoms with van der Waals surface area (Å²) >= 11 is 0. The number of rotatable bonds is 5. The monoisotopic (exact) mass is 221 g/mol. The minimum absolute atomic E-state index is 0. The largest absolute Gasteiger partial charge is 0.317 e. The number of aliphatic imine (C=N–C) groups is 2. The summed E-state index contributed by atoms with van der Waals surface area (Å²) in [5.41, 5.74) is 0. The van der Waals surface area contributed by atoms with E-state index in [2.05, 4.69) is 42.1 Å². The zero-order valence-electron chi connectivity index (χ0n) is 9.84. The van der Waals surface area contributed by atoms with Crippen LogP contribution in [0.15, 0.2) is 9.98 Å². The van der Waals surface area contributed by atoms with Crippen molar-refractivity contribution in [2.24, 2.45) is 9.98 Å². The molecule has 0 aromatic heterocycles. The summed E-state index contributed by atoms with van der Waals surface area (Å²) in [4.78, 5) is 7.66. The molecule has 0 saturated heterocycles. The Morgan fingerprint density at radius 2 is 1.57 bits per heavy atom. The highest BCUT2D eigenvalue weighted by Gasteiger charge is 1.67. The maximum atomic E-state index is 3.86. The van der Waals surface area contributed by atoms with Crippen molar-refractivity contribution in [1.82, 2.24) is 5.32 Å². The summed E-state index contributed by atoms with van der Waals surface area (Å²) in [6.07, 6.45) is 1.08. The number of hydrogen-bond acceptors (Lipinski definition) is 3. The van der Waals surface area contributed by atoms with Gasteiger partial charge >= 0.3 is 0 Å². The molecule has 0 aliphatic heterocycles. The van der Waals surface area contributed by atoms with Gasteiger partial charge in [-0.1, -0.05) is 20.8 Å². The maximum absolute atomic E-state index is 3.86. The molecule has 0 bridgehead atoms. The van der Waals surface area contributed by atoms with Crippen LogP contribution in [0, 0.1) is 0 Å². The number of nitrogens with zero attached hydrogens (tertiary/aromatic N) is 2. The first-order valence-electron chi connectivity index (χ1n) is 5.12. The van der Waals surface area contributed by atoms with Crippen molar-refractivity contribution in [1.29, 1.82) is 0 Å². The lowest BCUT2D eigenvalue weighted by molar-refractivity contribution is 0.762. The van der Waals surface area contributed by atoms with Crippen LogP contribution in [0.5, 0.6) is 0 Å². The van der Waals surface area contributed by atoms with Gasteiger partial charge in [0.05, 0.1) is 6.01 Å². The van der Waals surface area contributed by atoms with Crippen LogP contribution < -0.4 is 5.32 Å². The molecule has 0 spiro atoms. The zero-order valence-corrected chi connectivity index (χ0v) is 10.7. The molecular formula is C10H24ClN3. The molecule has 0 atom stereocenters. The molecule has 0 aliphatic carbocycles. The molecule has 0 aromatic carbocycles. The van der Waals surface area contributed by atoms with E-state index in [4.69, 9.17) is 0 Å². The van der Waals surface area contributed by atoms with Crippen molar-refractivity contribution in [3.63, 3.8) is 0 Å². The first-order valence-corrected chi connectivity index (χ1v) is 5.12. The van der Waals surface area contributed by atoms with Gasteiger partial charge in [-0.3, -0.25) is 0 Å². The molecule has 0 radical (unpaired) electrons. The van der Waals surface area contributed by atoms with Crippen LogP contribution in [-0.4, -0.2) is 32.2 Å². The Morgan fingerprint density at radius 1 is 1.00 bits per heavy atom. The summed E-state index contributed by atoms with van der Waals surface area (Å²) in [6.45, 7) is 12.1. The van der Waals surface area contributed by atoms with Gasteiger partial charge in [0, 0.05) is 13.1 Å². The van der Waals surface area contributed by atoms with E-state index in [1.165, 1.54) is 0 Å². The Labute approximate surface area is 94.5 Å². The summed E-state index contributed by atoms with van der Waals surface area (Å²) in [6, 6.07) is 2.59. The number of hydrogen-bond donors (Lipinski definition) is 1. The second kappa shape index (κ2) is 22.9. The molecule has 4 heteroatoms. The highest BCUT2D eigenvalue weighted by Crippen LogP contribution is 1.72. The molecule has 0 rings (SSSR count). The lowest BCUT2D eigenvalue weighted by atomic mass is 10.5. The first-order chi connectivity index (χ1) is 6.33. The third-order valence-electron chi connectivity index (χ3n) is 1.13. The Kier molecular flexibility index (Phi) is 31.5. The van der Waals surface area contributed by atoms with E-state index in [9.17, 15) is 0 Å². The van der Waals surface area contributed by atoms with E-state index >= 15 is 0 Å². The van der Waals surface area contributed by atoms with Crippen LogP contribution in [0.4, 0.5) is 0 Å². The molecule has 0 heterocycles. The molecule has 0 unspecified atom stereocenters. The van der Waals surface area contributed by atoms with E-state index in [1.54, 1.807) is 0 Å². The molecule has 1 N–H and O–H groups in total. The fourth-order valence-electron chi connectivity index (χ4n) is 0.533. The van der Waals surface area contributed by atoms with E-state index < -0.39 is 0 Å². The van der Waals surface area contributed by atoms with Gasteiger partial charge in [0.25, 0.3) is 0 Å². The maximum Gasteiger partial charge on any atom is 0.0892 e. The quantitative estimate of drug-likeness (QED) is 0.712. The van der Waals surface area contributed by atoms with Gasteiger partial charge in [-0.2, -0.15) is 0 Å². The van der Waals surface area contributed by atoms with Crippen LogP contribution in [0.25, 0.3) is 0 Å². The molecule has 3 nitrogen and oxygen atoms in total. The Balaban J connectivity index is -0.000000177. The van der Waals surface area contributed by atoms with E-state index in [0.717, 1.165) is 32.6 Å². The highest BCUT2D eigenvalue weighted by molar-refractivity contribution is 5.85. The molecule has 0 saturated carbocycles. The van der Waals surface area contributed by atoms with Crippen molar-refractivity contribution in [3.8, 4) is 0 Å². The number of nitrogens with one attached hydrogen (secondary N) is 1. The zero-order chi connectivity index (χ0) is 10.4. The van der Waals surface area contributed by atoms with E-state index in [-0.39, 0.29) is 12.4 Å². The standard InChI is InChI=1S/C6H12N2.C4H11N.ClH/c1-3-5-8-6-7-4-2;1-3-5-4-2;/h3-5H2,1-2H3;5H,3-4H2,1-2H3;1H. The normalized spacial score (nSPS) is 7.43. The van der Waals surface area contributed by atoms with Crippen LogP contribution in [0.1, 0.15) is 34.1 Å².